The number of urea groups is 1. The van der Waals surface area contributed by atoms with E-state index < -0.39 is 5.91 Å². The van der Waals surface area contributed by atoms with E-state index in [1.54, 1.807) is 18.2 Å². The summed E-state index contributed by atoms with van der Waals surface area (Å²) in [5.41, 5.74) is 7.23. The van der Waals surface area contributed by atoms with Gasteiger partial charge in [-0.1, -0.05) is 12.5 Å². The summed E-state index contributed by atoms with van der Waals surface area (Å²) in [4.78, 5) is 26.3. The summed E-state index contributed by atoms with van der Waals surface area (Å²) in [5.74, 6) is 1.41. The summed E-state index contributed by atoms with van der Waals surface area (Å²) in [5, 5.41) is 11.8. The van der Waals surface area contributed by atoms with Gasteiger partial charge >= 0.3 is 6.03 Å². The summed E-state index contributed by atoms with van der Waals surface area (Å²) >= 11 is 0. The highest BCUT2D eigenvalue weighted by Crippen LogP contribution is 2.33. The van der Waals surface area contributed by atoms with Crippen LogP contribution in [0.15, 0.2) is 18.2 Å². The fourth-order valence-corrected chi connectivity index (χ4v) is 4.13. The Morgan fingerprint density at radius 2 is 2.00 bits per heavy atom. The minimum atomic E-state index is -0.513. The number of primary amides is 1. The van der Waals surface area contributed by atoms with Crippen molar-refractivity contribution >= 4 is 17.6 Å². The third kappa shape index (κ3) is 3.46. The van der Waals surface area contributed by atoms with E-state index in [-0.39, 0.29) is 12.1 Å². The lowest BCUT2D eigenvalue weighted by Gasteiger charge is -2.25. The number of amides is 3. The zero-order valence-corrected chi connectivity index (χ0v) is 16.1. The standard InChI is InChI=1S/C20H26N6O2/c1-13-8-9-14(18(21)27)12-15(13)22-20(28)25-11-5-6-16(25)19-24-23-17-7-3-2-4-10-26(17)19/h8-9,12,16H,2-7,10-11H2,1H3,(H2,21,27)(H,22,28)/t16-/m1/s1. The Labute approximate surface area is 164 Å². The molecule has 2 aliphatic heterocycles. The molecule has 1 fully saturated rings. The Balaban J connectivity index is 1.56. The van der Waals surface area contributed by atoms with Crippen LogP contribution in [0.1, 0.15) is 65.7 Å². The molecule has 1 saturated heterocycles. The van der Waals surface area contributed by atoms with Crippen LogP contribution < -0.4 is 11.1 Å². The number of hydrogen-bond donors (Lipinski definition) is 2. The normalized spacial score (nSPS) is 19.2. The van der Waals surface area contributed by atoms with Crippen molar-refractivity contribution in [3.05, 3.63) is 41.0 Å². The smallest absolute Gasteiger partial charge is 0.322 e. The van der Waals surface area contributed by atoms with E-state index in [0.29, 0.717) is 17.8 Å². The van der Waals surface area contributed by atoms with E-state index in [0.717, 1.165) is 55.9 Å². The first-order chi connectivity index (χ1) is 13.5. The van der Waals surface area contributed by atoms with Gasteiger partial charge in [0.05, 0.1) is 6.04 Å². The average molecular weight is 382 g/mol. The number of carbonyl (C=O) groups is 2. The van der Waals surface area contributed by atoms with Crippen LogP contribution in [0, 0.1) is 6.92 Å². The van der Waals surface area contributed by atoms with E-state index in [1.165, 1.54) is 6.42 Å². The van der Waals surface area contributed by atoms with Crippen molar-refractivity contribution in [1.82, 2.24) is 19.7 Å². The number of rotatable bonds is 3. The molecular weight excluding hydrogens is 356 g/mol. The summed E-state index contributed by atoms with van der Waals surface area (Å²) in [6.07, 6.45) is 6.23. The number of aryl methyl sites for hydroxylation is 2. The van der Waals surface area contributed by atoms with Crippen LogP contribution in [-0.4, -0.2) is 38.1 Å². The van der Waals surface area contributed by atoms with E-state index in [9.17, 15) is 9.59 Å². The molecular formula is C20H26N6O2. The first-order valence-electron chi connectivity index (χ1n) is 9.94. The van der Waals surface area contributed by atoms with Gasteiger partial charge in [-0.2, -0.15) is 0 Å². The molecule has 8 nitrogen and oxygen atoms in total. The maximum atomic E-state index is 13.0. The summed E-state index contributed by atoms with van der Waals surface area (Å²) in [6, 6.07) is 4.83. The zero-order valence-electron chi connectivity index (χ0n) is 16.1. The molecule has 148 valence electrons. The molecule has 8 heteroatoms. The predicted octanol–water partition coefficient (Wildman–Crippen LogP) is 2.78. The number of fused-ring (bicyclic) bond motifs is 1. The van der Waals surface area contributed by atoms with Crippen molar-refractivity contribution in [3.63, 3.8) is 0 Å². The fourth-order valence-electron chi connectivity index (χ4n) is 4.13. The highest BCUT2D eigenvalue weighted by molar-refractivity contribution is 5.96. The first-order valence-corrected chi connectivity index (χ1v) is 9.94. The van der Waals surface area contributed by atoms with Crippen LogP contribution in [0.25, 0.3) is 0 Å². The minimum absolute atomic E-state index is 0.0704. The van der Waals surface area contributed by atoms with E-state index in [1.807, 2.05) is 11.8 Å². The van der Waals surface area contributed by atoms with Crippen molar-refractivity contribution < 1.29 is 9.59 Å². The van der Waals surface area contributed by atoms with Gasteiger partial charge in [-0.05, 0) is 50.3 Å². The Kier molecular flexibility index (Phi) is 5.02. The molecule has 0 aliphatic carbocycles. The van der Waals surface area contributed by atoms with Crippen molar-refractivity contribution in [2.45, 2.75) is 58.0 Å². The lowest BCUT2D eigenvalue weighted by atomic mass is 10.1. The molecule has 1 aromatic carbocycles. The van der Waals surface area contributed by atoms with Crippen LogP contribution in [0.5, 0.6) is 0 Å². The molecule has 1 atom stereocenters. The molecule has 0 radical (unpaired) electrons. The molecule has 0 bridgehead atoms. The molecule has 0 spiro atoms. The van der Waals surface area contributed by atoms with Crippen molar-refractivity contribution in [2.75, 3.05) is 11.9 Å². The van der Waals surface area contributed by atoms with Crippen molar-refractivity contribution in [2.24, 2.45) is 5.73 Å². The molecule has 0 unspecified atom stereocenters. The van der Waals surface area contributed by atoms with Crippen molar-refractivity contribution in [1.29, 1.82) is 0 Å². The quantitative estimate of drug-likeness (QED) is 0.851. The fraction of sp³-hybridized carbons (Fsp3) is 0.500. The Bertz CT molecular complexity index is 906. The number of hydrogen-bond acceptors (Lipinski definition) is 4. The molecule has 4 rings (SSSR count). The highest BCUT2D eigenvalue weighted by Gasteiger charge is 2.34. The zero-order chi connectivity index (χ0) is 19.7. The van der Waals surface area contributed by atoms with Crippen LogP contribution in [0.4, 0.5) is 10.5 Å². The Hall–Kier alpha value is -2.90. The third-order valence-electron chi connectivity index (χ3n) is 5.71. The first kappa shape index (κ1) is 18.5. The number of anilines is 1. The summed E-state index contributed by atoms with van der Waals surface area (Å²) in [6.45, 7) is 3.48. The SMILES string of the molecule is Cc1ccc(C(N)=O)cc1NC(=O)N1CCC[C@@H]1c1nnc2n1CCCCC2. The second-order valence-corrected chi connectivity index (χ2v) is 7.61. The monoisotopic (exact) mass is 382 g/mol. The topological polar surface area (TPSA) is 106 Å². The molecule has 2 aromatic rings. The number of nitrogens with two attached hydrogens (primary N) is 1. The van der Waals surface area contributed by atoms with Crippen LogP contribution >= 0.6 is 0 Å². The average Bonchev–Trinajstić information content (AvgIpc) is 3.24. The molecule has 0 saturated carbocycles. The Morgan fingerprint density at radius 1 is 1.14 bits per heavy atom. The maximum absolute atomic E-state index is 13.0. The number of nitrogens with one attached hydrogen (secondary N) is 1. The maximum Gasteiger partial charge on any atom is 0.322 e. The number of carbonyl (C=O) groups excluding carboxylic acids is 2. The molecule has 28 heavy (non-hydrogen) atoms. The number of nitrogens with zero attached hydrogens (tertiary/aromatic N) is 4. The van der Waals surface area contributed by atoms with Gasteiger partial charge in [-0.15, -0.1) is 10.2 Å². The molecule has 2 aliphatic rings. The van der Waals surface area contributed by atoms with Crippen LogP contribution in [0.2, 0.25) is 0 Å². The summed E-state index contributed by atoms with van der Waals surface area (Å²) < 4.78 is 2.21. The van der Waals surface area contributed by atoms with Crippen LogP contribution in [-0.2, 0) is 13.0 Å². The van der Waals surface area contributed by atoms with E-state index >= 15 is 0 Å². The Morgan fingerprint density at radius 3 is 2.82 bits per heavy atom. The summed E-state index contributed by atoms with van der Waals surface area (Å²) in [7, 11) is 0. The van der Waals surface area contributed by atoms with Gasteiger partial charge in [-0.25, -0.2) is 4.79 Å². The lowest BCUT2D eigenvalue weighted by molar-refractivity contribution is 0.1000. The van der Waals surface area contributed by atoms with Gasteiger partial charge < -0.3 is 20.5 Å². The second kappa shape index (κ2) is 7.61. The highest BCUT2D eigenvalue weighted by atomic mass is 16.2. The van der Waals surface area contributed by atoms with E-state index in [2.05, 4.69) is 20.1 Å². The number of benzene rings is 1. The third-order valence-corrected chi connectivity index (χ3v) is 5.71. The van der Waals surface area contributed by atoms with Gasteiger partial charge in [-0.3, -0.25) is 4.79 Å². The second-order valence-electron chi connectivity index (χ2n) is 7.61. The number of aromatic nitrogens is 3. The van der Waals surface area contributed by atoms with Gasteiger partial charge in [0.1, 0.15) is 5.82 Å². The number of likely N-dealkylation sites (tertiary alicyclic amines) is 1. The molecule has 3 heterocycles. The minimum Gasteiger partial charge on any atom is -0.366 e. The van der Waals surface area contributed by atoms with Crippen LogP contribution in [0.3, 0.4) is 0 Å². The predicted molar refractivity (Wildman–Crippen MR) is 105 cm³/mol. The van der Waals surface area contributed by atoms with Gasteiger partial charge in [0.15, 0.2) is 5.82 Å². The van der Waals surface area contributed by atoms with Gasteiger partial charge in [0.25, 0.3) is 0 Å². The largest absolute Gasteiger partial charge is 0.366 e. The molecule has 3 amide bonds. The van der Waals surface area contributed by atoms with Gasteiger partial charge in [0.2, 0.25) is 5.91 Å². The van der Waals surface area contributed by atoms with E-state index in [4.69, 9.17) is 5.73 Å². The lowest BCUT2D eigenvalue weighted by Crippen LogP contribution is -2.36. The van der Waals surface area contributed by atoms with Crippen molar-refractivity contribution in [3.8, 4) is 0 Å². The molecule has 1 aromatic heterocycles. The van der Waals surface area contributed by atoms with Gasteiger partial charge in [0, 0.05) is 30.8 Å². The molecule has 3 N–H and O–H groups in total.